The number of hydrogen-bond acceptors (Lipinski definition) is 5. The first-order valence-corrected chi connectivity index (χ1v) is 8.54. The summed E-state index contributed by atoms with van der Waals surface area (Å²) in [5.41, 5.74) is 9.57. The maximum absolute atomic E-state index is 12.6. The summed E-state index contributed by atoms with van der Waals surface area (Å²) in [6.45, 7) is 4.06. The van der Waals surface area contributed by atoms with Crippen molar-refractivity contribution in [3.8, 4) is 0 Å². The summed E-state index contributed by atoms with van der Waals surface area (Å²) < 4.78 is 0. The number of carbonyl (C=O) groups is 1. The Kier molecular flexibility index (Phi) is 4.55. The number of anilines is 3. The van der Waals surface area contributed by atoms with Crippen LogP contribution >= 0.6 is 22.9 Å². The molecule has 0 saturated heterocycles. The lowest BCUT2D eigenvalue weighted by Crippen LogP contribution is -2.03. The molecule has 3 rings (SSSR count). The van der Waals surface area contributed by atoms with Crippen LogP contribution in [0.15, 0.2) is 42.5 Å². The molecule has 0 amide bonds. The van der Waals surface area contributed by atoms with Crippen molar-refractivity contribution in [3.63, 3.8) is 0 Å². The Hall–Kier alpha value is -2.37. The molecule has 2 aromatic carbocycles. The number of aromatic nitrogens is 1. The lowest BCUT2D eigenvalue weighted by atomic mass is 10.1. The number of ketones is 1. The third-order valence-electron chi connectivity index (χ3n) is 3.45. The highest BCUT2D eigenvalue weighted by atomic mass is 35.5. The van der Waals surface area contributed by atoms with Crippen LogP contribution in [0.1, 0.15) is 26.4 Å². The molecule has 3 N–H and O–H groups in total. The largest absolute Gasteiger partial charge is 0.382 e. The Labute approximate surface area is 149 Å². The number of hydrogen-bond donors (Lipinski definition) is 2. The predicted octanol–water partition coefficient (Wildman–Crippen LogP) is 4.97. The highest BCUT2D eigenvalue weighted by molar-refractivity contribution is 7.18. The van der Waals surface area contributed by atoms with E-state index in [1.54, 1.807) is 24.3 Å². The first kappa shape index (κ1) is 16.5. The summed E-state index contributed by atoms with van der Waals surface area (Å²) in [4.78, 5) is 17.3. The van der Waals surface area contributed by atoms with E-state index in [9.17, 15) is 4.79 Å². The van der Waals surface area contributed by atoms with Crippen LogP contribution in [-0.2, 0) is 0 Å². The first-order valence-electron chi connectivity index (χ1n) is 7.35. The van der Waals surface area contributed by atoms with Gasteiger partial charge in [-0.1, -0.05) is 41.1 Å². The molecule has 122 valence electrons. The Balaban J connectivity index is 1.90. The Bertz CT molecular complexity index is 900. The van der Waals surface area contributed by atoms with Crippen LogP contribution in [0.3, 0.4) is 0 Å². The van der Waals surface area contributed by atoms with Crippen molar-refractivity contribution in [1.29, 1.82) is 0 Å². The fourth-order valence-electron chi connectivity index (χ4n) is 2.49. The number of carbonyl (C=O) groups excluding carboxylic acids is 1. The Morgan fingerprint density at radius 2 is 1.83 bits per heavy atom. The van der Waals surface area contributed by atoms with Crippen molar-refractivity contribution in [2.75, 3.05) is 11.1 Å². The second kappa shape index (κ2) is 6.63. The lowest BCUT2D eigenvalue weighted by molar-refractivity contribution is 0.104. The molecule has 1 aromatic heterocycles. The highest BCUT2D eigenvalue weighted by Crippen LogP contribution is 2.31. The molecule has 0 aliphatic heterocycles. The maximum Gasteiger partial charge on any atom is 0.208 e. The standard InChI is InChI=1S/C18H16ClN3OS/c1-10-7-11(2)9-12(8-10)21-18-22-17(20)16(24-18)15(23)13-5-3-4-6-14(13)19/h3-9H,20H2,1-2H3,(H,21,22). The van der Waals surface area contributed by atoms with E-state index >= 15 is 0 Å². The molecule has 0 unspecified atom stereocenters. The summed E-state index contributed by atoms with van der Waals surface area (Å²) >= 11 is 7.32. The van der Waals surface area contributed by atoms with Gasteiger partial charge in [0.15, 0.2) is 5.13 Å². The quantitative estimate of drug-likeness (QED) is 0.647. The molecule has 0 bridgehead atoms. The molecule has 0 aliphatic carbocycles. The van der Waals surface area contributed by atoms with Gasteiger partial charge in [-0.15, -0.1) is 0 Å². The van der Waals surface area contributed by atoms with Crippen LogP contribution < -0.4 is 11.1 Å². The second-order valence-corrected chi connectivity index (χ2v) is 6.95. The number of nitrogens with two attached hydrogens (primary N) is 1. The smallest absolute Gasteiger partial charge is 0.208 e. The molecular weight excluding hydrogens is 342 g/mol. The molecule has 0 aliphatic rings. The van der Waals surface area contributed by atoms with Crippen LogP contribution in [-0.4, -0.2) is 10.8 Å². The van der Waals surface area contributed by atoms with E-state index in [1.165, 1.54) is 11.3 Å². The predicted molar refractivity (Wildman–Crippen MR) is 101 cm³/mol. The van der Waals surface area contributed by atoms with Gasteiger partial charge in [-0.25, -0.2) is 4.98 Å². The maximum atomic E-state index is 12.6. The number of nitrogens with zero attached hydrogens (tertiary/aromatic N) is 1. The van der Waals surface area contributed by atoms with Gasteiger partial charge < -0.3 is 11.1 Å². The Morgan fingerprint density at radius 1 is 1.17 bits per heavy atom. The molecule has 0 spiro atoms. The SMILES string of the molecule is Cc1cc(C)cc(Nc2nc(N)c(C(=O)c3ccccc3Cl)s2)c1. The fourth-order valence-corrected chi connectivity index (χ4v) is 3.57. The minimum absolute atomic E-state index is 0.205. The lowest BCUT2D eigenvalue weighted by Gasteiger charge is -2.05. The molecular formula is C18H16ClN3OS. The van der Waals surface area contributed by atoms with Gasteiger partial charge in [0.05, 0.1) is 5.02 Å². The van der Waals surface area contributed by atoms with E-state index < -0.39 is 0 Å². The highest BCUT2D eigenvalue weighted by Gasteiger charge is 2.20. The van der Waals surface area contributed by atoms with Crippen molar-refractivity contribution < 1.29 is 4.79 Å². The average Bonchev–Trinajstić information content (AvgIpc) is 2.86. The van der Waals surface area contributed by atoms with E-state index in [1.807, 2.05) is 26.0 Å². The number of halogens is 1. The van der Waals surface area contributed by atoms with E-state index in [0.717, 1.165) is 16.8 Å². The van der Waals surface area contributed by atoms with Gasteiger partial charge in [-0.05, 0) is 49.2 Å². The third-order valence-corrected chi connectivity index (χ3v) is 4.77. The Morgan fingerprint density at radius 3 is 2.50 bits per heavy atom. The fraction of sp³-hybridized carbons (Fsp3) is 0.111. The van der Waals surface area contributed by atoms with Gasteiger partial charge in [-0.3, -0.25) is 4.79 Å². The van der Waals surface area contributed by atoms with Crippen LogP contribution in [0.5, 0.6) is 0 Å². The molecule has 0 atom stereocenters. The average molecular weight is 358 g/mol. The molecule has 4 nitrogen and oxygen atoms in total. The zero-order valence-electron chi connectivity index (χ0n) is 13.3. The van der Waals surface area contributed by atoms with Crippen LogP contribution in [0.4, 0.5) is 16.6 Å². The summed E-state index contributed by atoms with van der Waals surface area (Å²) in [6, 6.07) is 13.0. The van der Waals surface area contributed by atoms with Gasteiger partial charge in [0.2, 0.25) is 5.78 Å². The number of nitrogen functional groups attached to an aromatic ring is 1. The van der Waals surface area contributed by atoms with Gasteiger partial charge in [0.25, 0.3) is 0 Å². The molecule has 0 radical (unpaired) electrons. The zero-order chi connectivity index (χ0) is 17.3. The third kappa shape index (κ3) is 3.42. The molecule has 1 heterocycles. The zero-order valence-corrected chi connectivity index (χ0v) is 14.8. The minimum atomic E-state index is -0.218. The first-order chi connectivity index (χ1) is 11.4. The summed E-state index contributed by atoms with van der Waals surface area (Å²) in [7, 11) is 0. The van der Waals surface area contributed by atoms with Gasteiger partial charge >= 0.3 is 0 Å². The molecule has 3 aromatic rings. The van der Waals surface area contributed by atoms with Gasteiger partial charge in [-0.2, -0.15) is 0 Å². The van der Waals surface area contributed by atoms with Crippen molar-refractivity contribution in [3.05, 3.63) is 69.1 Å². The van der Waals surface area contributed by atoms with Crippen LogP contribution in [0, 0.1) is 13.8 Å². The van der Waals surface area contributed by atoms with Crippen molar-refractivity contribution in [2.45, 2.75) is 13.8 Å². The number of rotatable bonds is 4. The molecule has 24 heavy (non-hydrogen) atoms. The molecule has 0 saturated carbocycles. The van der Waals surface area contributed by atoms with E-state index in [2.05, 4.69) is 16.4 Å². The number of nitrogens with one attached hydrogen (secondary N) is 1. The van der Waals surface area contributed by atoms with Crippen molar-refractivity contribution in [1.82, 2.24) is 4.98 Å². The van der Waals surface area contributed by atoms with Crippen molar-refractivity contribution in [2.24, 2.45) is 0 Å². The molecule has 6 heteroatoms. The van der Waals surface area contributed by atoms with Crippen LogP contribution in [0.2, 0.25) is 5.02 Å². The number of aryl methyl sites for hydroxylation is 2. The van der Waals surface area contributed by atoms with Crippen molar-refractivity contribution >= 4 is 45.4 Å². The topological polar surface area (TPSA) is 68.0 Å². The monoisotopic (exact) mass is 357 g/mol. The number of benzene rings is 2. The van der Waals surface area contributed by atoms with E-state index in [0.29, 0.717) is 20.6 Å². The van der Waals surface area contributed by atoms with E-state index in [-0.39, 0.29) is 11.6 Å². The number of thiazole rings is 1. The summed E-state index contributed by atoms with van der Waals surface area (Å²) in [5.74, 6) is -0.0131. The van der Waals surface area contributed by atoms with Crippen LogP contribution in [0.25, 0.3) is 0 Å². The second-order valence-electron chi connectivity index (χ2n) is 5.54. The summed E-state index contributed by atoms with van der Waals surface area (Å²) in [6.07, 6.45) is 0. The minimum Gasteiger partial charge on any atom is -0.382 e. The van der Waals surface area contributed by atoms with E-state index in [4.69, 9.17) is 17.3 Å². The summed E-state index contributed by atoms with van der Waals surface area (Å²) in [5, 5.41) is 4.19. The van der Waals surface area contributed by atoms with Gasteiger partial charge in [0, 0.05) is 11.3 Å². The normalized spacial score (nSPS) is 10.6. The molecule has 0 fully saturated rings. The van der Waals surface area contributed by atoms with Gasteiger partial charge in [0.1, 0.15) is 10.7 Å².